The lowest BCUT2D eigenvalue weighted by Crippen LogP contribution is -2.42. The molecule has 9 heteroatoms. The fourth-order valence-electron chi connectivity index (χ4n) is 3.27. The van der Waals surface area contributed by atoms with Gasteiger partial charge in [0.15, 0.2) is 0 Å². The van der Waals surface area contributed by atoms with Gasteiger partial charge in [0.05, 0.1) is 24.1 Å². The molecule has 0 unspecified atom stereocenters. The number of sulfonamides is 1. The van der Waals surface area contributed by atoms with E-state index in [0.29, 0.717) is 37.5 Å². The minimum atomic E-state index is -3.33. The molecule has 0 atom stereocenters. The molecule has 162 valence electrons. The Kier molecular flexibility index (Phi) is 6.91. The molecular weight excluding hydrogens is 409 g/mol. The number of pyridine rings is 1. The first-order chi connectivity index (χ1) is 14.3. The average Bonchev–Trinajstić information content (AvgIpc) is 2.76. The van der Waals surface area contributed by atoms with Crippen LogP contribution in [0.15, 0.2) is 42.6 Å². The summed E-state index contributed by atoms with van der Waals surface area (Å²) in [6, 6.07) is 9.29. The molecule has 7 nitrogen and oxygen atoms in total. The van der Waals surface area contributed by atoms with Crippen molar-refractivity contribution in [2.75, 3.05) is 30.2 Å². The molecule has 1 aliphatic heterocycles. The number of piperidine rings is 1. The van der Waals surface area contributed by atoms with E-state index in [0.717, 1.165) is 5.56 Å². The van der Waals surface area contributed by atoms with E-state index in [1.54, 1.807) is 36.1 Å². The van der Waals surface area contributed by atoms with E-state index in [1.807, 2.05) is 0 Å². The number of amides is 1. The Morgan fingerprint density at radius 2 is 1.87 bits per heavy atom. The monoisotopic (exact) mass is 435 g/mol. The van der Waals surface area contributed by atoms with Gasteiger partial charge in [-0.2, -0.15) is 0 Å². The van der Waals surface area contributed by atoms with Crippen molar-refractivity contribution in [2.24, 2.45) is 0 Å². The zero-order valence-electron chi connectivity index (χ0n) is 17.1. The van der Waals surface area contributed by atoms with Gasteiger partial charge in [0, 0.05) is 39.0 Å². The summed E-state index contributed by atoms with van der Waals surface area (Å²) in [5.41, 5.74) is 1.27. The lowest BCUT2D eigenvalue weighted by Gasteiger charge is -2.32. The maximum Gasteiger partial charge on any atom is 0.234 e. The summed E-state index contributed by atoms with van der Waals surface area (Å²) in [4.78, 5) is 18.5. The van der Waals surface area contributed by atoms with Crippen molar-refractivity contribution >= 4 is 21.6 Å². The maximum atomic E-state index is 13.0. The van der Waals surface area contributed by atoms with Crippen molar-refractivity contribution < 1.29 is 22.3 Å². The topological polar surface area (TPSA) is 79.8 Å². The third-order valence-corrected chi connectivity index (χ3v) is 6.99. The second-order valence-electron chi connectivity index (χ2n) is 7.22. The highest BCUT2D eigenvalue weighted by Crippen LogP contribution is 2.21. The largest absolute Gasteiger partial charge is 0.474 e. The Morgan fingerprint density at radius 1 is 1.20 bits per heavy atom. The molecule has 0 N–H and O–H groups in total. The molecule has 1 aromatic carbocycles. The second-order valence-corrected chi connectivity index (χ2v) is 9.51. The molecule has 1 fully saturated rings. The van der Waals surface area contributed by atoms with Gasteiger partial charge in [-0.1, -0.05) is 12.1 Å². The van der Waals surface area contributed by atoms with Crippen molar-refractivity contribution in [3.05, 3.63) is 54.0 Å². The van der Waals surface area contributed by atoms with Crippen molar-refractivity contribution in [3.63, 3.8) is 0 Å². The number of rotatable bonds is 7. The highest BCUT2D eigenvalue weighted by Gasteiger charge is 2.24. The summed E-state index contributed by atoms with van der Waals surface area (Å²) in [7, 11) is -1.84. The molecule has 1 amide bonds. The molecule has 0 bridgehead atoms. The molecule has 1 saturated heterocycles. The molecule has 1 aliphatic rings. The number of likely N-dealkylation sites (tertiary alicyclic amines) is 1. The molecule has 2 aromatic rings. The molecule has 3 rings (SSSR count). The van der Waals surface area contributed by atoms with Gasteiger partial charge in [0.2, 0.25) is 21.8 Å². The van der Waals surface area contributed by atoms with Crippen LogP contribution in [0.2, 0.25) is 0 Å². The number of hydrogen-bond acceptors (Lipinski definition) is 5. The smallest absolute Gasteiger partial charge is 0.234 e. The minimum Gasteiger partial charge on any atom is -0.474 e. The van der Waals surface area contributed by atoms with E-state index in [2.05, 4.69) is 4.98 Å². The van der Waals surface area contributed by atoms with Crippen molar-refractivity contribution in [1.29, 1.82) is 0 Å². The fraction of sp³-hybridized carbons (Fsp3) is 0.429. The van der Waals surface area contributed by atoms with Crippen LogP contribution in [0.25, 0.3) is 0 Å². The van der Waals surface area contributed by atoms with Gasteiger partial charge in [0.1, 0.15) is 11.9 Å². The molecule has 1 aromatic heterocycles. The van der Waals surface area contributed by atoms with E-state index in [-0.39, 0.29) is 30.0 Å². The highest BCUT2D eigenvalue weighted by atomic mass is 32.2. The van der Waals surface area contributed by atoms with Crippen molar-refractivity contribution in [1.82, 2.24) is 9.88 Å². The van der Waals surface area contributed by atoms with Crippen LogP contribution in [0.1, 0.15) is 25.3 Å². The summed E-state index contributed by atoms with van der Waals surface area (Å²) in [5, 5.41) is 0. The predicted molar refractivity (Wildman–Crippen MR) is 112 cm³/mol. The summed E-state index contributed by atoms with van der Waals surface area (Å²) in [6.45, 7) is 2.76. The molecular formula is C21H26FN3O4S. The van der Waals surface area contributed by atoms with Gasteiger partial charge < -0.3 is 9.64 Å². The third-order valence-electron chi connectivity index (χ3n) is 5.22. The van der Waals surface area contributed by atoms with E-state index >= 15 is 0 Å². The number of hydrogen-bond donors (Lipinski definition) is 0. The lowest BCUT2D eigenvalue weighted by atomic mass is 10.1. The van der Waals surface area contributed by atoms with E-state index in [4.69, 9.17) is 4.74 Å². The summed E-state index contributed by atoms with van der Waals surface area (Å²) in [6.07, 6.45) is 3.04. The molecule has 2 heterocycles. The number of carbonyl (C=O) groups is 1. The predicted octanol–water partition coefficient (Wildman–Crippen LogP) is 2.62. The normalized spacial score (nSPS) is 15.1. The van der Waals surface area contributed by atoms with Crippen molar-refractivity contribution in [2.45, 2.75) is 32.3 Å². The first-order valence-electron chi connectivity index (χ1n) is 9.90. The number of benzene rings is 1. The summed E-state index contributed by atoms with van der Waals surface area (Å²) in [5.74, 6) is 0.143. The van der Waals surface area contributed by atoms with Crippen LogP contribution in [0.3, 0.4) is 0 Å². The zero-order valence-corrected chi connectivity index (χ0v) is 17.9. The number of aromatic nitrogens is 1. The first kappa shape index (κ1) is 22.0. The number of anilines is 1. The highest BCUT2D eigenvalue weighted by molar-refractivity contribution is 7.92. The average molecular weight is 436 g/mol. The molecule has 0 radical (unpaired) electrons. The van der Waals surface area contributed by atoms with Gasteiger partial charge in [-0.15, -0.1) is 0 Å². The number of nitrogens with zero attached hydrogens (tertiary/aromatic N) is 3. The Labute approximate surface area is 176 Å². The maximum absolute atomic E-state index is 13.0. The van der Waals surface area contributed by atoms with Crippen LogP contribution in [0, 0.1) is 5.82 Å². The first-order valence-corrected chi connectivity index (χ1v) is 11.5. The Bertz CT molecular complexity index is 957. The van der Waals surface area contributed by atoms with Crippen LogP contribution < -0.4 is 9.04 Å². The third kappa shape index (κ3) is 5.47. The summed E-state index contributed by atoms with van der Waals surface area (Å²) >= 11 is 0. The fourth-order valence-corrected chi connectivity index (χ4v) is 4.08. The minimum absolute atomic E-state index is 0.0141. The number of carbonyl (C=O) groups excluding carboxylic acids is 1. The van der Waals surface area contributed by atoms with Gasteiger partial charge in [-0.3, -0.25) is 9.10 Å². The van der Waals surface area contributed by atoms with Crippen LogP contribution in [-0.4, -0.2) is 56.2 Å². The SMILES string of the molecule is CCS(=O)(=O)N(C)c1ccc(OC2CCN(C(=O)Cc3ccc(F)cc3)CC2)nc1. The van der Waals surface area contributed by atoms with Crippen LogP contribution in [0.4, 0.5) is 10.1 Å². The zero-order chi connectivity index (χ0) is 21.7. The Morgan fingerprint density at radius 3 is 2.43 bits per heavy atom. The number of halogens is 1. The van der Waals surface area contributed by atoms with E-state index in [1.165, 1.54) is 29.7 Å². The van der Waals surface area contributed by atoms with E-state index in [9.17, 15) is 17.6 Å². The van der Waals surface area contributed by atoms with Crippen LogP contribution in [0.5, 0.6) is 5.88 Å². The van der Waals surface area contributed by atoms with Crippen LogP contribution in [-0.2, 0) is 21.2 Å². The molecule has 0 spiro atoms. The summed E-state index contributed by atoms with van der Waals surface area (Å²) < 4.78 is 44.0. The van der Waals surface area contributed by atoms with E-state index < -0.39 is 10.0 Å². The molecule has 0 aliphatic carbocycles. The lowest BCUT2D eigenvalue weighted by molar-refractivity contribution is -0.132. The molecule has 30 heavy (non-hydrogen) atoms. The Balaban J connectivity index is 1.49. The van der Waals surface area contributed by atoms with Crippen LogP contribution >= 0.6 is 0 Å². The quantitative estimate of drug-likeness (QED) is 0.668. The van der Waals surface area contributed by atoms with Gasteiger partial charge >= 0.3 is 0 Å². The second kappa shape index (κ2) is 9.42. The Hall–Kier alpha value is -2.68. The number of ether oxygens (including phenoxy) is 1. The van der Waals surface area contributed by atoms with Gasteiger partial charge in [0.25, 0.3) is 0 Å². The van der Waals surface area contributed by atoms with Gasteiger partial charge in [-0.05, 0) is 30.7 Å². The molecule has 0 saturated carbocycles. The standard InChI is InChI=1S/C21H26FN3O4S/c1-3-30(27,28)24(2)18-8-9-20(23-15-18)29-19-10-12-25(13-11-19)21(26)14-16-4-6-17(22)7-5-16/h4-9,15,19H,3,10-14H2,1-2H3. The van der Waals surface area contributed by atoms with Crippen molar-refractivity contribution in [3.8, 4) is 5.88 Å². The van der Waals surface area contributed by atoms with Gasteiger partial charge in [-0.25, -0.2) is 17.8 Å².